The van der Waals surface area contributed by atoms with Crippen LogP contribution in [0.1, 0.15) is 92.7 Å². The molecule has 0 fully saturated rings. The zero-order valence-corrected chi connectivity index (χ0v) is 30.3. The van der Waals surface area contributed by atoms with E-state index in [-0.39, 0.29) is 0 Å². The van der Waals surface area contributed by atoms with Crippen LogP contribution in [0.3, 0.4) is 0 Å². The Morgan fingerprint density at radius 1 is 0.553 bits per heavy atom. The molecule has 1 aliphatic rings. The average molecular weight is 621 g/mol. The van der Waals surface area contributed by atoms with Crippen LogP contribution in [0.2, 0.25) is 0 Å². The van der Waals surface area contributed by atoms with Crippen molar-refractivity contribution in [3.63, 3.8) is 0 Å². The molecule has 47 heavy (non-hydrogen) atoms. The summed E-state index contributed by atoms with van der Waals surface area (Å²) in [6.45, 7) is 19.3. The van der Waals surface area contributed by atoms with Gasteiger partial charge in [-0.05, 0) is 103 Å². The lowest BCUT2D eigenvalue weighted by Crippen LogP contribution is -1.97. The topological polar surface area (TPSA) is 0 Å². The third kappa shape index (κ3) is 10.8. The molecule has 0 heteroatoms. The molecule has 0 N–H and O–H groups in total. The molecule has 5 aromatic rings. The van der Waals surface area contributed by atoms with Crippen LogP contribution < -0.4 is 0 Å². The van der Waals surface area contributed by atoms with Gasteiger partial charge in [0, 0.05) is 5.92 Å². The normalized spacial score (nSPS) is 13.8. The van der Waals surface area contributed by atoms with E-state index in [9.17, 15) is 0 Å². The second-order valence-electron chi connectivity index (χ2n) is 12.4. The van der Waals surface area contributed by atoms with Crippen LogP contribution in [0.4, 0.5) is 0 Å². The average Bonchev–Trinajstić information content (AvgIpc) is 3.11. The van der Waals surface area contributed by atoms with Crippen LogP contribution in [0.15, 0.2) is 145 Å². The minimum absolute atomic E-state index is 0.583. The maximum absolute atomic E-state index is 2.31. The van der Waals surface area contributed by atoms with Crippen LogP contribution in [0, 0.1) is 27.7 Å². The number of hydrogen-bond acceptors (Lipinski definition) is 0. The van der Waals surface area contributed by atoms with Crippen molar-refractivity contribution in [1.82, 2.24) is 0 Å². The Hall–Kier alpha value is -4.42. The van der Waals surface area contributed by atoms with E-state index >= 15 is 0 Å². The molecule has 0 aromatic heterocycles. The molecule has 0 heterocycles. The van der Waals surface area contributed by atoms with Crippen molar-refractivity contribution < 1.29 is 0 Å². The summed E-state index contributed by atoms with van der Waals surface area (Å²) in [5.74, 6) is 1.20. The number of benzene rings is 5. The van der Waals surface area contributed by atoms with Gasteiger partial charge in [0.15, 0.2) is 0 Å². The van der Waals surface area contributed by atoms with Gasteiger partial charge in [-0.15, -0.1) is 0 Å². The Labute approximate surface area is 286 Å². The zero-order valence-electron chi connectivity index (χ0n) is 30.3. The maximum atomic E-state index is 2.31. The predicted octanol–water partition coefficient (Wildman–Crippen LogP) is 14.2. The van der Waals surface area contributed by atoms with Gasteiger partial charge in [0.05, 0.1) is 0 Å². The largest absolute Gasteiger partial charge is 0.0807 e. The van der Waals surface area contributed by atoms with Crippen molar-refractivity contribution in [3.05, 3.63) is 179 Å². The number of hydrogen-bond donors (Lipinski definition) is 0. The fourth-order valence-corrected chi connectivity index (χ4v) is 5.81. The first kappa shape index (κ1) is 37.0. The standard InChI is InChI=1S/C17H20.C14H16.C14H14.C2H6/c1-4-13(2)15-10-7-8-12-17(15)16-11-6-5-9-14(16)3;1-11-3-7-13(8-4-11)14-9-5-12(2)6-10-14;1-11-7-3-5-9-13(11)14-10-6-4-8-12(14)2;1-2/h5-13H,4H2,1-3H3;3-9,14H,10H2,1-2H3;3-10H,1-2H3;1-2H3. The van der Waals surface area contributed by atoms with Gasteiger partial charge in [0.1, 0.15) is 0 Å². The SMILES string of the molecule is CC.CC1=CCC(c2ccc(C)cc2)C=C1.CCC(C)c1ccccc1-c1ccccc1C.Cc1ccccc1-c1ccccc1C. The lowest BCUT2D eigenvalue weighted by Gasteiger charge is -2.16. The van der Waals surface area contributed by atoms with Crippen LogP contribution in [0.25, 0.3) is 22.3 Å². The van der Waals surface area contributed by atoms with Crippen LogP contribution in [-0.4, -0.2) is 0 Å². The molecule has 0 bridgehead atoms. The van der Waals surface area contributed by atoms with E-state index in [1.165, 1.54) is 67.6 Å². The number of aryl methyl sites for hydroxylation is 4. The van der Waals surface area contributed by atoms with Crippen LogP contribution in [0.5, 0.6) is 0 Å². The van der Waals surface area contributed by atoms with E-state index < -0.39 is 0 Å². The monoisotopic (exact) mass is 620 g/mol. The van der Waals surface area contributed by atoms with Crippen molar-refractivity contribution in [2.75, 3.05) is 0 Å². The third-order valence-corrected chi connectivity index (χ3v) is 8.91. The Bertz CT molecular complexity index is 1670. The van der Waals surface area contributed by atoms with Gasteiger partial charge in [-0.25, -0.2) is 0 Å². The first-order valence-corrected chi connectivity index (χ1v) is 17.5. The second-order valence-corrected chi connectivity index (χ2v) is 12.4. The van der Waals surface area contributed by atoms with Crippen molar-refractivity contribution in [1.29, 1.82) is 0 Å². The molecule has 0 amide bonds. The zero-order chi connectivity index (χ0) is 34.2. The van der Waals surface area contributed by atoms with E-state index in [1.54, 1.807) is 0 Å². The van der Waals surface area contributed by atoms with Gasteiger partial charge < -0.3 is 0 Å². The van der Waals surface area contributed by atoms with Gasteiger partial charge in [-0.1, -0.05) is 178 Å². The first-order chi connectivity index (χ1) is 22.8. The highest BCUT2D eigenvalue weighted by Crippen LogP contribution is 2.32. The fraction of sp³-hybridized carbons (Fsp3) is 0.277. The Morgan fingerprint density at radius 3 is 1.40 bits per heavy atom. The van der Waals surface area contributed by atoms with E-state index in [0.717, 1.165) is 6.42 Å². The highest BCUT2D eigenvalue weighted by molar-refractivity contribution is 5.71. The van der Waals surface area contributed by atoms with Gasteiger partial charge in [-0.2, -0.15) is 0 Å². The summed E-state index contributed by atoms with van der Waals surface area (Å²) in [6, 6.07) is 43.3. The summed E-state index contributed by atoms with van der Waals surface area (Å²) < 4.78 is 0. The maximum Gasteiger partial charge on any atom is 0.00559 e. The lowest BCUT2D eigenvalue weighted by atomic mass is 9.89. The van der Waals surface area contributed by atoms with E-state index in [1.807, 2.05) is 13.8 Å². The van der Waals surface area contributed by atoms with Crippen LogP contribution in [-0.2, 0) is 0 Å². The molecular formula is C47H56. The van der Waals surface area contributed by atoms with Gasteiger partial charge >= 0.3 is 0 Å². The molecule has 0 spiro atoms. The molecule has 244 valence electrons. The molecule has 6 rings (SSSR count). The quantitative estimate of drug-likeness (QED) is 0.183. The van der Waals surface area contributed by atoms with E-state index in [0.29, 0.717) is 11.8 Å². The Kier molecular flexibility index (Phi) is 15.2. The summed E-state index contributed by atoms with van der Waals surface area (Å²) in [7, 11) is 0. The molecule has 0 nitrogen and oxygen atoms in total. The third-order valence-electron chi connectivity index (χ3n) is 8.91. The lowest BCUT2D eigenvalue weighted by molar-refractivity contribution is 0.735. The summed E-state index contributed by atoms with van der Waals surface area (Å²) in [6.07, 6.45) is 9.16. The van der Waals surface area contributed by atoms with Gasteiger partial charge in [0.2, 0.25) is 0 Å². The molecule has 2 atom stereocenters. The molecule has 0 radical (unpaired) electrons. The van der Waals surface area contributed by atoms with Gasteiger partial charge in [0.25, 0.3) is 0 Å². The smallest absolute Gasteiger partial charge is 0.00559 e. The Balaban J connectivity index is 0.000000188. The Morgan fingerprint density at radius 2 is 0.979 bits per heavy atom. The highest BCUT2D eigenvalue weighted by atomic mass is 14.2. The molecule has 5 aromatic carbocycles. The highest BCUT2D eigenvalue weighted by Gasteiger charge is 2.11. The van der Waals surface area contributed by atoms with Crippen molar-refractivity contribution in [3.8, 4) is 22.3 Å². The first-order valence-electron chi connectivity index (χ1n) is 17.5. The minimum Gasteiger partial charge on any atom is -0.0807 e. The van der Waals surface area contributed by atoms with Crippen LogP contribution >= 0.6 is 0 Å². The number of rotatable bonds is 5. The molecule has 1 aliphatic carbocycles. The number of allylic oxidation sites excluding steroid dienone is 4. The van der Waals surface area contributed by atoms with Crippen molar-refractivity contribution >= 4 is 0 Å². The van der Waals surface area contributed by atoms with Gasteiger partial charge in [-0.3, -0.25) is 0 Å². The summed E-state index contributed by atoms with van der Waals surface area (Å²) >= 11 is 0. The summed E-state index contributed by atoms with van der Waals surface area (Å²) in [5, 5.41) is 0. The van der Waals surface area contributed by atoms with E-state index in [4.69, 9.17) is 0 Å². The molecular weight excluding hydrogens is 565 g/mol. The van der Waals surface area contributed by atoms with Crippen molar-refractivity contribution in [2.45, 2.75) is 87.0 Å². The second kappa shape index (κ2) is 19.3. The predicted molar refractivity (Wildman–Crippen MR) is 209 cm³/mol. The molecule has 0 saturated carbocycles. The fourth-order valence-electron chi connectivity index (χ4n) is 5.81. The van der Waals surface area contributed by atoms with Crippen molar-refractivity contribution in [2.24, 2.45) is 0 Å². The summed E-state index contributed by atoms with van der Waals surface area (Å²) in [4.78, 5) is 0. The minimum atomic E-state index is 0.583. The summed E-state index contributed by atoms with van der Waals surface area (Å²) in [5.41, 5.74) is 15.1. The molecule has 0 aliphatic heterocycles. The molecule has 0 saturated heterocycles. The molecule has 2 unspecified atom stereocenters. The van der Waals surface area contributed by atoms with E-state index in [2.05, 4.69) is 188 Å².